The Bertz CT molecular complexity index is 1130. The number of para-hydroxylation sites is 1. The lowest BCUT2D eigenvalue weighted by molar-refractivity contribution is -0.120. The van der Waals surface area contributed by atoms with Crippen LogP contribution < -0.4 is 16.4 Å². The van der Waals surface area contributed by atoms with Gasteiger partial charge in [0.2, 0.25) is 5.91 Å². The Balaban J connectivity index is 1.32. The molecule has 1 saturated carbocycles. The number of hydrogen-bond acceptors (Lipinski definition) is 5. The van der Waals surface area contributed by atoms with E-state index in [1.165, 1.54) is 38.3 Å². The molecule has 0 aliphatic heterocycles. The first-order valence-corrected chi connectivity index (χ1v) is 12.4. The summed E-state index contributed by atoms with van der Waals surface area (Å²) < 4.78 is 1.62. The minimum Gasteiger partial charge on any atom is -0.368 e. The van der Waals surface area contributed by atoms with Crippen LogP contribution in [0.3, 0.4) is 0 Å². The molecule has 1 fully saturated rings. The van der Waals surface area contributed by atoms with Crippen molar-refractivity contribution >= 4 is 34.1 Å². The molecular formula is C25H29N5O3S. The number of aromatic nitrogens is 2. The van der Waals surface area contributed by atoms with Gasteiger partial charge in [-0.3, -0.25) is 14.4 Å². The van der Waals surface area contributed by atoms with Crippen LogP contribution in [0.15, 0.2) is 54.9 Å². The average Bonchev–Trinajstić information content (AvgIpc) is 3.53. The fraction of sp³-hybridized carbons (Fsp3) is 0.360. The Morgan fingerprint density at radius 3 is 2.56 bits per heavy atom. The number of anilines is 1. The molecule has 4 rings (SSSR count). The molecule has 178 valence electrons. The lowest BCUT2D eigenvalue weighted by Gasteiger charge is -2.23. The van der Waals surface area contributed by atoms with Crippen molar-refractivity contribution in [2.45, 2.75) is 51.0 Å². The molecule has 2 aromatic heterocycles. The maximum atomic E-state index is 12.7. The third kappa shape index (κ3) is 6.11. The molecule has 0 bridgehead atoms. The predicted molar refractivity (Wildman–Crippen MR) is 132 cm³/mol. The number of nitrogens with zero attached hydrogens (tertiary/aromatic N) is 2. The highest BCUT2D eigenvalue weighted by Crippen LogP contribution is 2.28. The maximum Gasteiger partial charge on any atom is 0.262 e. The van der Waals surface area contributed by atoms with Crippen LogP contribution in [0.25, 0.3) is 5.69 Å². The van der Waals surface area contributed by atoms with Crippen molar-refractivity contribution in [3.63, 3.8) is 0 Å². The molecule has 0 unspecified atom stereocenters. The van der Waals surface area contributed by atoms with E-state index in [0.29, 0.717) is 27.8 Å². The van der Waals surface area contributed by atoms with Gasteiger partial charge in [-0.15, -0.1) is 11.3 Å². The predicted octanol–water partition coefficient (Wildman–Crippen LogP) is 4.13. The van der Waals surface area contributed by atoms with Gasteiger partial charge in [-0.05, 0) is 43.0 Å². The molecule has 4 N–H and O–H groups in total. The Labute approximate surface area is 202 Å². The molecular weight excluding hydrogens is 450 g/mol. The van der Waals surface area contributed by atoms with E-state index in [0.717, 1.165) is 23.4 Å². The smallest absolute Gasteiger partial charge is 0.262 e. The van der Waals surface area contributed by atoms with E-state index in [4.69, 9.17) is 5.73 Å². The molecule has 3 amide bonds. The Morgan fingerprint density at radius 2 is 1.82 bits per heavy atom. The van der Waals surface area contributed by atoms with E-state index in [1.54, 1.807) is 23.0 Å². The van der Waals surface area contributed by atoms with Gasteiger partial charge in [-0.2, -0.15) is 5.10 Å². The van der Waals surface area contributed by atoms with Crippen LogP contribution in [-0.2, 0) is 4.79 Å². The van der Waals surface area contributed by atoms with E-state index in [9.17, 15) is 14.4 Å². The number of amides is 3. The van der Waals surface area contributed by atoms with Crippen LogP contribution in [0.4, 0.5) is 5.00 Å². The molecule has 9 heteroatoms. The second kappa shape index (κ2) is 11.1. The number of hydrogen-bond donors (Lipinski definition) is 3. The van der Waals surface area contributed by atoms with Crippen LogP contribution in [-0.4, -0.2) is 33.5 Å². The SMILES string of the molecule is NC(=O)[C@H](CCC1CCCCC1)NC(=O)c1ccc(NC(=O)c2cnn(-c3ccccc3)c2)s1. The molecule has 1 atom stereocenters. The fourth-order valence-electron chi connectivity index (χ4n) is 4.27. The molecule has 0 saturated heterocycles. The highest BCUT2D eigenvalue weighted by Gasteiger charge is 2.23. The zero-order chi connectivity index (χ0) is 23.9. The van der Waals surface area contributed by atoms with E-state index in [-0.39, 0.29) is 11.8 Å². The van der Waals surface area contributed by atoms with Crippen molar-refractivity contribution in [2.75, 3.05) is 5.32 Å². The third-order valence-electron chi connectivity index (χ3n) is 6.17. The van der Waals surface area contributed by atoms with Gasteiger partial charge in [0.25, 0.3) is 11.8 Å². The van der Waals surface area contributed by atoms with E-state index in [1.807, 2.05) is 30.3 Å². The van der Waals surface area contributed by atoms with Crippen molar-refractivity contribution in [3.05, 3.63) is 65.3 Å². The second-order valence-electron chi connectivity index (χ2n) is 8.64. The van der Waals surface area contributed by atoms with Gasteiger partial charge in [-0.1, -0.05) is 50.3 Å². The van der Waals surface area contributed by atoms with Crippen LogP contribution in [0.1, 0.15) is 65.0 Å². The number of rotatable bonds is 9. The van der Waals surface area contributed by atoms with Gasteiger partial charge in [-0.25, -0.2) is 4.68 Å². The average molecular weight is 480 g/mol. The summed E-state index contributed by atoms with van der Waals surface area (Å²) in [5, 5.41) is 10.3. The first-order chi connectivity index (χ1) is 16.5. The second-order valence-corrected chi connectivity index (χ2v) is 9.72. The number of benzene rings is 1. The zero-order valence-corrected chi connectivity index (χ0v) is 19.7. The van der Waals surface area contributed by atoms with Gasteiger partial charge < -0.3 is 16.4 Å². The fourth-order valence-corrected chi connectivity index (χ4v) is 5.07. The first kappa shape index (κ1) is 23.7. The summed E-state index contributed by atoms with van der Waals surface area (Å²) in [5.41, 5.74) is 6.80. The maximum absolute atomic E-state index is 12.7. The summed E-state index contributed by atoms with van der Waals surface area (Å²) in [6.45, 7) is 0. The number of primary amides is 1. The number of nitrogens with two attached hydrogens (primary N) is 1. The summed E-state index contributed by atoms with van der Waals surface area (Å²) in [7, 11) is 0. The summed E-state index contributed by atoms with van der Waals surface area (Å²) in [6, 6.07) is 12.1. The van der Waals surface area contributed by atoms with E-state index < -0.39 is 11.9 Å². The highest BCUT2D eigenvalue weighted by molar-refractivity contribution is 7.18. The molecule has 2 heterocycles. The molecule has 1 aliphatic carbocycles. The van der Waals surface area contributed by atoms with Gasteiger partial charge in [0.15, 0.2) is 0 Å². The normalized spacial score (nSPS) is 14.9. The topological polar surface area (TPSA) is 119 Å². The van der Waals surface area contributed by atoms with Crippen molar-refractivity contribution < 1.29 is 14.4 Å². The Kier molecular flexibility index (Phi) is 7.74. The quantitative estimate of drug-likeness (QED) is 0.427. The van der Waals surface area contributed by atoms with E-state index >= 15 is 0 Å². The monoisotopic (exact) mass is 479 g/mol. The summed E-state index contributed by atoms with van der Waals surface area (Å²) in [4.78, 5) is 37.6. The molecule has 1 aliphatic rings. The largest absolute Gasteiger partial charge is 0.368 e. The molecule has 0 radical (unpaired) electrons. The van der Waals surface area contributed by atoms with Crippen LogP contribution in [0, 0.1) is 5.92 Å². The van der Waals surface area contributed by atoms with E-state index in [2.05, 4.69) is 15.7 Å². The van der Waals surface area contributed by atoms with Gasteiger partial charge >= 0.3 is 0 Å². The van der Waals surface area contributed by atoms with Crippen LogP contribution >= 0.6 is 11.3 Å². The van der Waals surface area contributed by atoms with Crippen LogP contribution in [0.2, 0.25) is 0 Å². The molecule has 8 nitrogen and oxygen atoms in total. The van der Waals surface area contributed by atoms with Crippen molar-refractivity contribution in [1.82, 2.24) is 15.1 Å². The summed E-state index contributed by atoms with van der Waals surface area (Å²) in [5.74, 6) is -0.611. The molecule has 1 aromatic carbocycles. The minimum atomic E-state index is -0.696. The Morgan fingerprint density at radius 1 is 1.06 bits per heavy atom. The van der Waals surface area contributed by atoms with Gasteiger partial charge in [0.1, 0.15) is 6.04 Å². The van der Waals surface area contributed by atoms with Gasteiger partial charge in [0.05, 0.1) is 27.3 Å². The van der Waals surface area contributed by atoms with Crippen LogP contribution in [0.5, 0.6) is 0 Å². The Hall–Kier alpha value is -3.46. The minimum absolute atomic E-state index is 0.321. The third-order valence-corrected chi connectivity index (χ3v) is 7.17. The number of carbonyl (C=O) groups excluding carboxylic acids is 3. The molecule has 0 spiro atoms. The van der Waals surface area contributed by atoms with Crippen molar-refractivity contribution in [3.8, 4) is 5.69 Å². The lowest BCUT2D eigenvalue weighted by atomic mass is 9.85. The number of thiophene rings is 1. The van der Waals surface area contributed by atoms with Crippen molar-refractivity contribution in [2.24, 2.45) is 11.7 Å². The lowest BCUT2D eigenvalue weighted by Crippen LogP contribution is -2.44. The number of nitrogens with one attached hydrogen (secondary N) is 2. The molecule has 34 heavy (non-hydrogen) atoms. The standard InChI is InChI=1S/C25H29N5O3S/c26-23(31)20(12-11-17-7-3-1-4-8-17)28-25(33)21-13-14-22(34-21)29-24(32)18-15-27-30(16-18)19-9-5-2-6-10-19/h2,5-6,9-10,13-17,20H,1,3-4,7-8,11-12H2,(H2,26,31)(H,28,33)(H,29,32)/t20-/m0/s1. The number of carbonyl (C=O) groups is 3. The van der Waals surface area contributed by atoms with Crippen molar-refractivity contribution in [1.29, 1.82) is 0 Å². The van der Waals surface area contributed by atoms with Gasteiger partial charge in [0, 0.05) is 6.20 Å². The first-order valence-electron chi connectivity index (χ1n) is 11.6. The highest BCUT2D eigenvalue weighted by atomic mass is 32.1. The summed E-state index contributed by atoms with van der Waals surface area (Å²) >= 11 is 1.14. The molecule has 3 aromatic rings. The summed E-state index contributed by atoms with van der Waals surface area (Å²) in [6.07, 6.45) is 10.7. The zero-order valence-electron chi connectivity index (χ0n) is 18.9.